The largest absolute Gasteiger partial charge is 0.346 e. The Kier molecular flexibility index (Phi) is 6.47. The van der Waals surface area contributed by atoms with Gasteiger partial charge in [-0.2, -0.15) is 4.98 Å². The first-order chi connectivity index (χ1) is 13.0. The molecule has 3 aromatic rings. The topological polar surface area (TPSA) is 68.0 Å². The standard InChI is InChI=1S/C19H17ClFN3O2S/c1-12-3-2-4-13(7-12)19-23-18(26-24-19)9-22-17(25)11-27-10-14-5-6-15(20)8-16(14)21/h2-8H,9-11H2,1H3,(H,22,25). The van der Waals surface area contributed by atoms with Crippen molar-refractivity contribution in [2.45, 2.75) is 19.2 Å². The van der Waals surface area contributed by atoms with Crippen LogP contribution in [0.3, 0.4) is 0 Å². The van der Waals surface area contributed by atoms with Crippen LogP contribution in [0.5, 0.6) is 0 Å². The average molecular weight is 406 g/mol. The van der Waals surface area contributed by atoms with Crippen LogP contribution in [0.4, 0.5) is 4.39 Å². The van der Waals surface area contributed by atoms with Crippen molar-refractivity contribution in [1.82, 2.24) is 15.5 Å². The van der Waals surface area contributed by atoms with Gasteiger partial charge in [-0.1, -0.05) is 46.6 Å². The van der Waals surface area contributed by atoms with Crippen LogP contribution in [0.25, 0.3) is 11.4 Å². The van der Waals surface area contributed by atoms with Crippen molar-refractivity contribution < 1.29 is 13.7 Å². The number of aryl methyl sites for hydroxylation is 1. The SMILES string of the molecule is Cc1cccc(-c2noc(CNC(=O)CSCc3ccc(Cl)cc3F)n2)c1. The summed E-state index contributed by atoms with van der Waals surface area (Å²) in [6.07, 6.45) is 0. The van der Waals surface area contributed by atoms with E-state index in [1.54, 1.807) is 12.1 Å². The molecule has 1 aromatic heterocycles. The minimum Gasteiger partial charge on any atom is -0.346 e. The number of hydrogen-bond donors (Lipinski definition) is 1. The van der Waals surface area contributed by atoms with Crippen LogP contribution in [0.1, 0.15) is 17.0 Å². The summed E-state index contributed by atoms with van der Waals surface area (Å²) in [7, 11) is 0. The number of nitrogens with zero attached hydrogens (tertiary/aromatic N) is 2. The lowest BCUT2D eigenvalue weighted by Gasteiger charge is -2.04. The van der Waals surface area contributed by atoms with E-state index in [1.807, 2.05) is 31.2 Å². The molecule has 5 nitrogen and oxygen atoms in total. The van der Waals surface area contributed by atoms with Crippen molar-refractivity contribution in [3.63, 3.8) is 0 Å². The van der Waals surface area contributed by atoms with Crippen molar-refractivity contribution >= 4 is 29.3 Å². The predicted octanol–water partition coefficient (Wildman–Crippen LogP) is 4.39. The average Bonchev–Trinajstić information content (AvgIpc) is 3.11. The number of carbonyl (C=O) groups is 1. The second-order valence-corrected chi connectivity index (χ2v) is 7.31. The zero-order chi connectivity index (χ0) is 19.2. The first-order valence-electron chi connectivity index (χ1n) is 8.19. The van der Waals surface area contributed by atoms with Gasteiger partial charge in [0.2, 0.25) is 17.6 Å². The van der Waals surface area contributed by atoms with Crippen LogP contribution in [0.15, 0.2) is 47.0 Å². The Hall–Kier alpha value is -2.38. The Labute approximate surface area is 165 Å². The number of rotatable bonds is 7. The molecule has 140 valence electrons. The number of nitrogens with one attached hydrogen (secondary N) is 1. The van der Waals surface area contributed by atoms with E-state index in [1.165, 1.54) is 17.8 Å². The van der Waals surface area contributed by atoms with Gasteiger partial charge in [0, 0.05) is 16.3 Å². The lowest BCUT2D eigenvalue weighted by molar-refractivity contribution is -0.118. The van der Waals surface area contributed by atoms with Gasteiger partial charge in [-0.3, -0.25) is 4.79 Å². The van der Waals surface area contributed by atoms with Gasteiger partial charge in [0.25, 0.3) is 0 Å². The number of aromatic nitrogens is 2. The van der Waals surface area contributed by atoms with Crippen molar-refractivity contribution in [2.24, 2.45) is 0 Å². The maximum absolute atomic E-state index is 13.7. The highest BCUT2D eigenvalue weighted by molar-refractivity contribution is 7.99. The first kappa shape index (κ1) is 19.4. The number of hydrogen-bond acceptors (Lipinski definition) is 5. The van der Waals surface area contributed by atoms with Crippen LogP contribution in [-0.4, -0.2) is 21.8 Å². The Bertz CT molecular complexity index is 948. The predicted molar refractivity (Wildman–Crippen MR) is 104 cm³/mol. The molecule has 0 spiro atoms. The highest BCUT2D eigenvalue weighted by Gasteiger charge is 2.11. The monoisotopic (exact) mass is 405 g/mol. The molecule has 0 radical (unpaired) electrons. The molecule has 0 bridgehead atoms. The second-order valence-electron chi connectivity index (χ2n) is 5.89. The third-order valence-electron chi connectivity index (χ3n) is 3.69. The van der Waals surface area contributed by atoms with E-state index in [4.69, 9.17) is 16.1 Å². The van der Waals surface area contributed by atoms with Gasteiger partial charge in [0.05, 0.1) is 12.3 Å². The van der Waals surface area contributed by atoms with E-state index in [0.717, 1.165) is 11.1 Å². The van der Waals surface area contributed by atoms with E-state index in [-0.39, 0.29) is 24.0 Å². The molecule has 0 fully saturated rings. The van der Waals surface area contributed by atoms with Gasteiger partial charge in [-0.25, -0.2) is 4.39 Å². The van der Waals surface area contributed by atoms with Crippen LogP contribution in [-0.2, 0) is 17.1 Å². The molecule has 0 atom stereocenters. The summed E-state index contributed by atoms with van der Waals surface area (Å²) in [5, 5.41) is 6.99. The molecule has 0 aliphatic heterocycles. The molecule has 8 heteroatoms. The molecule has 0 saturated heterocycles. The van der Waals surface area contributed by atoms with Crippen molar-refractivity contribution in [2.75, 3.05) is 5.75 Å². The molecule has 0 unspecified atom stereocenters. The molecular formula is C19H17ClFN3O2S. The zero-order valence-electron chi connectivity index (χ0n) is 14.5. The first-order valence-corrected chi connectivity index (χ1v) is 9.72. The number of thioether (sulfide) groups is 1. The third kappa shape index (κ3) is 5.55. The molecule has 2 aromatic carbocycles. The molecule has 0 aliphatic rings. The van der Waals surface area contributed by atoms with Gasteiger partial charge < -0.3 is 9.84 Å². The third-order valence-corrected chi connectivity index (χ3v) is 4.90. The minimum atomic E-state index is -0.370. The highest BCUT2D eigenvalue weighted by Crippen LogP contribution is 2.19. The fraction of sp³-hybridized carbons (Fsp3) is 0.211. The quantitative estimate of drug-likeness (QED) is 0.631. The van der Waals surface area contributed by atoms with Crippen LogP contribution in [0.2, 0.25) is 5.02 Å². The van der Waals surface area contributed by atoms with Crippen molar-refractivity contribution in [3.8, 4) is 11.4 Å². The summed E-state index contributed by atoms with van der Waals surface area (Å²) in [5.74, 6) is 0.828. The van der Waals surface area contributed by atoms with Crippen LogP contribution < -0.4 is 5.32 Å². The van der Waals surface area contributed by atoms with Crippen molar-refractivity contribution in [3.05, 3.63) is 70.3 Å². The Morgan fingerprint density at radius 3 is 2.93 bits per heavy atom. The molecule has 27 heavy (non-hydrogen) atoms. The number of carbonyl (C=O) groups excluding carboxylic acids is 1. The van der Waals surface area contributed by atoms with E-state index >= 15 is 0 Å². The van der Waals surface area contributed by atoms with Crippen molar-refractivity contribution in [1.29, 1.82) is 0 Å². The maximum atomic E-state index is 13.7. The normalized spacial score (nSPS) is 10.8. The van der Waals surface area contributed by atoms with Gasteiger partial charge in [-0.15, -0.1) is 11.8 Å². The highest BCUT2D eigenvalue weighted by atomic mass is 35.5. The molecular weight excluding hydrogens is 389 g/mol. The lowest BCUT2D eigenvalue weighted by Crippen LogP contribution is -2.24. The van der Waals surface area contributed by atoms with Crippen LogP contribution >= 0.6 is 23.4 Å². The second kappa shape index (κ2) is 9.01. The number of amides is 1. The fourth-order valence-corrected chi connectivity index (χ4v) is 3.35. The summed E-state index contributed by atoms with van der Waals surface area (Å²) >= 11 is 7.03. The molecule has 3 rings (SSSR count). The molecule has 1 N–H and O–H groups in total. The molecule has 1 amide bonds. The number of benzene rings is 2. The van der Waals surface area contributed by atoms with E-state index in [2.05, 4.69) is 15.5 Å². The Balaban J connectivity index is 1.45. The maximum Gasteiger partial charge on any atom is 0.246 e. The number of halogens is 2. The summed E-state index contributed by atoms with van der Waals surface area (Å²) in [6.45, 7) is 2.13. The summed E-state index contributed by atoms with van der Waals surface area (Å²) in [4.78, 5) is 16.2. The fourth-order valence-electron chi connectivity index (χ4n) is 2.35. The van der Waals surface area contributed by atoms with Gasteiger partial charge in [-0.05, 0) is 30.7 Å². The van der Waals surface area contributed by atoms with Crippen LogP contribution in [0, 0.1) is 12.7 Å². The van der Waals surface area contributed by atoms with Gasteiger partial charge >= 0.3 is 0 Å². The Morgan fingerprint density at radius 2 is 2.15 bits per heavy atom. The molecule has 0 saturated carbocycles. The van der Waals surface area contributed by atoms with Gasteiger partial charge in [0.1, 0.15) is 5.82 Å². The zero-order valence-corrected chi connectivity index (χ0v) is 16.1. The van der Waals surface area contributed by atoms with Gasteiger partial charge in [0.15, 0.2) is 0 Å². The van der Waals surface area contributed by atoms with E-state index < -0.39 is 0 Å². The minimum absolute atomic E-state index is 0.146. The molecule has 0 aliphatic carbocycles. The molecule has 1 heterocycles. The Morgan fingerprint density at radius 1 is 1.30 bits per heavy atom. The van der Waals surface area contributed by atoms with E-state index in [0.29, 0.717) is 28.1 Å². The smallest absolute Gasteiger partial charge is 0.246 e. The summed E-state index contributed by atoms with van der Waals surface area (Å²) in [5.41, 5.74) is 2.47. The summed E-state index contributed by atoms with van der Waals surface area (Å²) in [6, 6.07) is 12.3. The lowest BCUT2D eigenvalue weighted by atomic mass is 10.1. The summed E-state index contributed by atoms with van der Waals surface area (Å²) < 4.78 is 18.9. The van der Waals surface area contributed by atoms with E-state index in [9.17, 15) is 9.18 Å².